The van der Waals surface area contributed by atoms with Gasteiger partial charge < -0.3 is 10.1 Å². The Morgan fingerprint density at radius 1 is 1.44 bits per heavy atom. The van der Waals surface area contributed by atoms with Crippen molar-refractivity contribution in [1.29, 1.82) is 0 Å². The minimum absolute atomic E-state index is 0.275. The summed E-state index contributed by atoms with van der Waals surface area (Å²) in [7, 11) is 1.96. The van der Waals surface area contributed by atoms with Crippen molar-refractivity contribution >= 4 is 15.9 Å². The van der Waals surface area contributed by atoms with Crippen LogP contribution in [-0.4, -0.2) is 30.8 Å². The lowest BCUT2D eigenvalue weighted by atomic mass is 10.1. The monoisotopic (exact) mass is 286 g/mol. The maximum Gasteiger partial charge on any atom is 0.0626 e. The predicted octanol–water partition coefficient (Wildman–Crippen LogP) is 2.40. The van der Waals surface area contributed by atoms with Crippen LogP contribution in [0.25, 0.3) is 0 Å². The van der Waals surface area contributed by atoms with Gasteiger partial charge in [0.1, 0.15) is 0 Å². The van der Waals surface area contributed by atoms with Crippen molar-refractivity contribution in [1.82, 2.24) is 10.3 Å². The van der Waals surface area contributed by atoms with Crippen LogP contribution in [0.15, 0.2) is 22.9 Å². The highest BCUT2D eigenvalue weighted by molar-refractivity contribution is 9.10. The Bertz CT molecular complexity index is 318. The Hall–Kier alpha value is -0.450. The molecule has 0 aromatic carbocycles. The smallest absolute Gasteiger partial charge is 0.0626 e. The Kier molecular flexibility index (Phi) is 5.95. The molecule has 1 N–H and O–H groups in total. The van der Waals surface area contributed by atoms with E-state index in [0.29, 0.717) is 6.04 Å². The van der Waals surface area contributed by atoms with Crippen molar-refractivity contribution in [2.24, 2.45) is 0 Å². The van der Waals surface area contributed by atoms with Crippen molar-refractivity contribution in [3.63, 3.8) is 0 Å². The minimum atomic E-state index is 0.275. The molecule has 1 atom stereocenters. The van der Waals surface area contributed by atoms with Crippen molar-refractivity contribution in [3.05, 3.63) is 28.5 Å². The fourth-order valence-corrected chi connectivity index (χ4v) is 1.82. The van der Waals surface area contributed by atoms with Crippen LogP contribution in [0.2, 0.25) is 0 Å². The topological polar surface area (TPSA) is 34.1 Å². The molecule has 0 aliphatic rings. The second-order valence-electron chi connectivity index (χ2n) is 4.08. The highest BCUT2D eigenvalue weighted by Crippen LogP contribution is 2.11. The standard InChI is InChI=1S/C12H19BrN2O/c1-9(2)16-8-12(14-3)5-10-4-11(13)7-15-6-10/h4,6-7,9,12,14H,5,8H2,1-3H3. The molecule has 0 bridgehead atoms. The van der Waals surface area contributed by atoms with Crippen LogP contribution < -0.4 is 5.32 Å². The normalized spacial score (nSPS) is 13.1. The van der Waals surface area contributed by atoms with Gasteiger partial charge in [0.25, 0.3) is 0 Å². The van der Waals surface area contributed by atoms with E-state index >= 15 is 0 Å². The number of pyridine rings is 1. The van der Waals surface area contributed by atoms with E-state index in [0.717, 1.165) is 17.5 Å². The molecular formula is C12H19BrN2O. The van der Waals surface area contributed by atoms with Gasteiger partial charge in [-0.3, -0.25) is 4.98 Å². The lowest BCUT2D eigenvalue weighted by Gasteiger charge is -2.18. The third-order valence-corrected chi connectivity index (χ3v) is 2.72. The van der Waals surface area contributed by atoms with E-state index in [1.54, 1.807) is 6.20 Å². The first-order valence-corrected chi connectivity index (χ1v) is 6.29. The van der Waals surface area contributed by atoms with Gasteiger partial charge in [-0.15, -0.1) is 0 Å². The van der Waals surface area contributed by atoms with Gasteiger partial charge in [0.05, 0.1) is 12.7 Å². The quantitative estimate of drug-likeness (QED) is 0.872. The van der Waals surface area contributed by atoms with Crippen LogP contribution >= 0.6 is 15.9 Å². The number of nitrogens with one attached hydrogen (secondary N) is 1. The molecule has 4 heteroatoms. The van der Waals surface area contributed by atoms with E-state index in [9.17, 15) is 0 Å². The Morgan fingerprint density at radius 3 is 2.75 bits per heavy atom. The molecule has 0 spiro atoms. The van der Waals surface area contributed by atoms with Crippen molar-refractivity contribution in [2.45, 2.75) is 32.4 Å². The first-order valence-electron chi connectivity index (χ1n) is 5.50. The van der Waals surface area contributed by atoms with E-state index < -0.39 is 0 Å². The highest BCUT2D eigenvalue weighted by atomic mass is 79.9. The van der Waals surface area contributed by atoms with Gasteiger partial charge in [-0.2, -0.15) is 0 Å². The third-order valence-electron chi connectivity index (χ3n) is 2.28. The van der Waals surface area contributed by atoms with Gasteiger partial charge in [-0.25, -0.2) is 0 Å². The highest BCUT2D eigenvalue weighted by Gasteiger charge is 2.09. The summed E-state index contributed by atoms with van der Waals surface area (Å²) >= 11 is 3.42. The molecule has 1 heterocycles. The molecule has 1 aromatic rings. The average Bonchev–Trinajstić information content (AvgIpc) is 2.24. The third kappa shape index (κ3) is 5.05. The van der Waals surface area contributed by atoms with Crippen LogP contribution in [0.4, 0.5) is 0 Å². The zero-order valence-electron chi connectivity index (χ0n) is 10.0. The predicted molar refractivity (Wildman–Crippen MR) is 69.6 cm³/mol. The maximum absolute atomic E-state index is 5.60. The molecule has 0 aliphatic carbocycles. The molecule has 0 amide bonds. The molecule has 90 valence electrons. The fraction of sp³-hybridized carbons (Fsp3) is 0.583. The second kappa shape index (κ2) is 6.99. The summed E-state index contributed by atoms with van der Waals surface area (Å²) in [5.41, 5.74) is 1.21. The number of rotatable bonds is 6. The van der Waals surface area contributed by atoms with E-state index in [4.69, 9.17) is 4.74 Å². The van der Waals surface area contributed by atoms with Gasteiger partial charge in [0.15, 0.2) is 0 Å². The van der Waals surface area contributed by atoms with Gasteiger partial charge in [-0.05, 0) is 54.9 Å². The summed E-state index contributed by atoms with van der Waals surface area (Å²) in [5.74, 6) is 0. The van der Waals surface area contributed by atoms with Crippen LogP contribution in [0.3, 0.4) is 0 Å². The summed E-state index contributed by atoms with van der Waals surface area (Å²) < 4.78 is 6.62. The number of halogens is 1. The summed E-state index contributed by atoms with van der Waals surface area (Å²) in [6.45, 7) is 4.82. The lowest BCUT2D eigenvalue weighted by molar-refractivity contribution is 0.0627. The van der Waals surface area contributed by atoms with Crippen molar-refractivity contribution in [2.75, 3.05) is 13.7 Å². The molecule has 3 nitrogen and oxygen atoms in total. The van der Waals surface area contributed by atoms with Crippen LogP contribution in [0.5, 0.6) is 0 Å². The number of hydrogen-bond donors (Lipinski definition) is 1. The molecule has 0 radical (unpaired) electrons. The molecule has 0 fully saturated rings. The number of likely N-dealkylation sites (N-methyl/N-ethyl adjacent to an activating group) is 1. The number of hydrogen-bond acceptors (Lipinski definition) is 3. The Morgan fingerprint density at radius 2 is 2.19 bits per heavy atom. The van der Waals surface area contributed by atoms with E-state index in [-0.39, 0.29) is 6.10 Å². The zero-order valence-corrected chi connectivity index (χ0v) is 11.6. The van der Waals surface area contributed by atoms with Gasteiger partial charge in [-0.1, -0.05) is 0 Å². The molecule has 0 aliphatic heterocycles. The molecule has 1 unspecified atom stereocenters. The van der Waals surface area contributed by atoms with Crippen molar-refractivity contribution < 1.29 is 4.74 Å². The number of ether oxygens (including phenoxy) is 1. The summed E-state index contributed by atoms with van der Waals surface area (Å²) in [5, 5.41) is 3.26. The molecule has 0 saturated heterocycles. The van der Waals surface area contributed by atoms with E-state index in [1.807, 2.05) is 27.1 Å². The lowest BCUT2D eigenvalue weighted by Crippen LogP contribution is -2.33. The van der Waals surface area contributed by atoms with Gasteiger partial charge in [0.2, 0.25) is 0 Å². The molecule has 16 heavy (non-hydrogen) atoms. The van der Waals surface area contributed by atoms with Gasteiger partial charge >= 0.3 is 0 Å². The summed E-state index contributed by atoms with van der Waals surface area (Å²) in [4.78, 5) is 4.15. The van der Waals surface area contributed by atoms with Crippen LogP contribution in [0.1, 0.15) is 19.4 Å². The van der Waals surface area contributed by atoms with Crippen LogP contribution in [-0.2, 0) is 11.2 Å². The van der Waals surface area contributed by atoms with E-state index in [1.165, 1.54) is 5.56 Å². The molecular weight excluding hydrogens is 268 g/mol. The molecule has 0 saturated carbocycles. The fourth-order valence-electron chi connectivity index (χ4n) is 1.40. The van der Waals surface area contributed by atoms with E-state index in [2.05, 4.69) is 32.3 Å². The molecule has 1 rings (SSSR count). The summed E-state index contributed by atoms with van der Waals surface area (Å²) in [6.07, 6.45) is 4.89. The Balaban J connectivity index is 2.49. The summed E-state index contributed by atoms with van der Waals surface area (Å²) in [6, 6.07) is 2.42. The first-order chi connectivity index (χ1) is 7.61. The first kappa shape index (κ1) is 13.6. The number of aromatic nitrogens is 1. The largest absolute Gasteiger partial charge is 0.377 e. The van der Waals surface area contributed by atoms with Crippen LogP contribution in [0, 0.1) is 0 Å². The number of nitrogens with zero attached hydrogens (tertiary/aromatic N) is 1. The Labute approximate surface area is 106 Å². The zero-order chi connectivity index (χ0) is 12.0. The molecule has 1 aromatic heterocycles. The minimum Gasteiger partial charge on any atom is -0.377 e. The SMILES string of the molecule is CNC(COC(C)C)Cc1cncc(Br)c1. The van der Waals surface area contributed by atoms with Crippen molar-refractivity contribution in [3.8, 4) is 0 Å². The van der Waals surface area contributed by atoms with Gasteiger partial charge in [0, 0.05) is 22.9 Å². The second-order valence-corrected chi connectivity index (χ2v) is 5.00. The average molecular weight is 287 g/mol. The maximum atomic E-state index is 5.60.